The fourth-order valence-corrected chi connectivity index (χ4v) is 1.52. The van der Waals surface area contributed by atoms with Crippen LogP contribution in [-0.4, -0.2) is 19.6 Å². The molecule has 0 unspecified atom stereocenters. The quantitative estimate of drug-likeness (QED) is 0.678. The van der Waals surface area contributed by atoms with E-state index >= 15 is 0 Å². The van der Waals surface area contributed by atoms with E-state index in [0.29, 0.717) is 5.57 Å². The first-order valence-corrected chi connectivity index (χ1v) is 5.47. The van der Waals surface area contributed by atoms with E-state index < -0.39 is 17.6 Å². The molecular formula is C12H12ClF2NO2. The summed E-state index contributed by atoms with van der Waals surface area (Å²) in [6.45, 7) is 1.74. The van der Waals surface area contributed by atoms with Crippen LogP contribution in [-0.2, 0) is 9.53 Å². The van der Waals surface area contributed by atoms with Gasteiger partial charge < -0.3 is 10.1 Å². The molecule has 0 aliphatic rings. The van der Waals surface area contributed by atoms with Crippen LogP contribution in [0.15, 0.2) is 23.8 Å². The predicted molar refractivity (Wildman–Crippen MR) is 65.6 cm³/mol. The molecule has 0 saturated carbocycles. The first-order valence-electron chi connectivity index (χ1n) is 5.09. The van der Waals surface area contributed by atoms with Crippen molar-refractivity contribution in [1.29, 1.82) is 0 Å². The Balaban J connectivity index is 2.73. The number of ether oxygens (including phenoxy) is 1. The van der Waals surface area contributed by atoms with Gasteiger partial charge in [0.15, 0.2) is 5.82 Å². The molecule has 0 heterocycles. The number of methoxy groups -OCH3 is 1. The highest BCUT2D eigenvalue weighted by atomic mass is 35.5. The summed E-state index contributed by atoms with van der Waals surface area (Å²) in [6.07, 6.45) is 1.52. The van der Waals surface area contributed by atoms with E-state index in [1.54, 1.807) is 6.92 Å². The van der Waals surface area contributed by atoms with Crippen LogP contribution >= 0.6 is 11.6 Å². The highest BCUT2D eigenvalue weighted by molar-refractivity contribution is 6.33. The molecule has 0 atom stereocenters. The van der Waals surface area contributed by atoms with Gasteiger partial charge >= 0.3 is 5.97 Å². The van der Waals surface area contributed by atoms with Gasteiger partial charge in [0, 0.05) is 18.2 Å². The predicted octanol–water partition coefficient (Wildman–Crippen LogP) is 3.15. The van der Waals surface area contributed by atoms with Gasteiger partial charge in [-0.2, -0.15) is 0 Å². The molecule has 0 bridgehead atoms. The van der Waals surface area contributed by atoms with Crippen LogP contribution < -0.4 is 5.32 Å². The number of carbonyl (C=O) groups is 1. The summed E-state index contributed by atoms with van der Waals surface area (Å²) in [5, 5.41) is 2.60. The van der Waals surface area contributed by atoms with Gasteiger partial charge in [-0.25, -0.2) is 13.6 Å². The fraction of sp³-hybridized carbons (Fsp3) is 0.250. The molecule has 1 N–H and O–H groups in total. The van der Waals surface area contributed by atoms with Crippen LogP contribution in [0.3, 0.4) is 0 Å². The summed E-state index contributed by atoms with van der Waals surface area (Å²) in [5.41, 5.74) is 0.371. The number of hydrogen-bond acceptors (Lipinski definition) is 3. The summed E-state index contributed by atoms with van der Waals surface area (Å²) in [4.78, 5) is 11.1. The lowest BCUT2D eigenvalue weighted by molar-refractivity contribution is -0.136. The number of anilines is 1. The third-order valence-electron chi connectivity index (χ3n) is 2.20. The molecule has 0 aliphatic heterocycles. The fourth-order valence-electron chi connectivity index (χ4n) is 1.26. The average molecular weight is 276 g/mol. The molecule has 1 aromatic rings. The Bertz CT molecular complexity index is 466. The Morgan fingerprint density at radius 1 is 1.50 bits per heavy atom. The van der Waals surface area contributed by atoms with Gasteiger partial charge in [0.05, 0.1) is 17.8 Å². The van der Waals surface area contributed by atoms with Crippen LogP contribution in [0.4, 0.5) is 14.5 Å². The Labute approximate surface area is 108 Å². The Morgan fingerprint density at radius 3 is 2.72 bits per heavy atom. The summed E-state index contributed by atoms with van der Waals surface area (Å²) < 4.78 is 30.6. The van der Waals surface area contributed by atoms with E-state index in [1.807, 2.05) is 0 Å². The van der Waals surface area contributed by atoms with Crippen LogP contribution in [0.5, 0.6) is 0 Å². The minimum absolute atomic E-state index is 0.00742. The molecule has 0 radical (unpaired) electrons. The van der Waals surface area contributed by atoms with Crippen molar-refractivity contribution < 1.29 is 18.3 Å². The third-order valence-corrected chi connectivity index (χ3v) is 2.50. The van der Waals surface area contributed by atoms with Crippen molar-refractivity contribution in [3.8, 4) is 0 Å². The SMILES string of the molecule is COC(=O)C(C)=CCNc1c(F)cc(F)cc1Cl. The van der Waals surface area contributed by atoms with E-state index in [1.165, 1.54) is 13.2 Å². The van der Waals surface area contributed by atoms with Crippen LogP contribution in [0, 0.1) is 11.6 Å². The molecular weight excluding hydrogens is 264 g/mol. The Morgan fingerprint density at radius 2 is 2.17 bits per heavy atom. The van der Waals surface area contributed by atoms with E-state index in [2.05, 4.69) is 10.1 Å². The van der Waals surface area contributed by atoms with Gasteiger partial charge in [-0.1, -0.05) is 17.7 Å². The molecule has 0 fully saturated rings. The van der Waals surface area contributed by atoms with Crippen molar-refractivity contribution in [1.82, 2.24) is 0 Å². The zero-order chi connectivity index (χ0) is 13.7. The van der Waals surface area contributed by atoms with E-state index in [4.69, 9.17) is 11.6 Å². The molecule has 0 aliphatic carbocycles. The minimum Gasteiger partial charge on any atom is -0.466 e. The highest BCUT2D eigenvalue weighted by Crippen LogP contribution is 2.26. The smallest absolute Gasteiger partial charge is 0.333 e. The monoisotopic (exact) mass is 275 g/mol. The Hall–Kier alpha value is -1.62. The highest BCUT2D eigenvalue weighted by Gasteiger charge is 2.09. The summed E-state index contributed by atoms with van der Waals surface area (Å²) in [7, 11) is 1.27. The summed E-state index contributed by atoms with van der Waals surface area (Å²) in [5.74, 6) is -2.00. The zero-order valence-electron chi connectivity index (χ0n) is 9.89. The van der Waals surface area contributed by atoms with Crippen molar-refractivity contribution in [2.24, 2.45) is 0 Å². The molecule has 1 aromatic carbocycles. The van der Waals surface area contributed by atoms with Crippen molar-refractivity contribution in [3.05, 3.63) is 40.4 Å². The summed E-state index contributed by atoms with van der Waals surface area (Å²) in [6, 6.07) is 1.73. The maximum Gasteiger partial charge on any atom is 0.333 e. The van der Waals surface area contributed by atoms with E-state index in [9.17, 15) is 13.6 Å². The number of carbonyl (C=O) groups excluding carboxylic acids is 1. The number of esters is 1. The average Bonchev–Trinajstić information content (AvgIpc) is 2.31. The van der Waals surface area contributed by atoms with Crippen molar-refractivity contribution in [3.63, 3.8) is 0 Å². The maximum absolute atomic E-state index is 13.4. The van der Waals surface area contributed by atoms with Crippen molar-refractivity contribution in [2.75, 3.05) is 19.0 Å². The van der Waals surface area contributed by atoms with Gasteiger partial charge in [0.2, 0.25) is 0 Å². The standard InChI is InChI=1S/C12H12ClF2NO2/c1-7(12(17)18-2)3-4-16-11-9(13)5-8(14)6-10(11)15/h3,5-6,16H,4H2,1-2H3. The first kappa shape index (κ1) is 14.4. The van der Waals surface area contributed by atoms with Gasteiger partial charge in [0.1, 0.15) is 5.82 Å². The van der Waals surface area contributed by atoms with Crippen molar-refractivity contribution in [2.45, 2.75) is 6.92 Å². The number of halogens is 3. The first-order chi connectivity index (χ1) is 8.45. The number of nitrogens with one attached hydrogen (secondary N) is 1. The maximum atomic E-state index is 13.4. The second-order valence-corrected chi connectivity index (χ2v) is 3.91. The van der Waals surface area contributed by atoms with E-state index in [0.717, 1.165) is 12.1 Å². The molecule has 0 spiro atoms. The molecule has 1 rings (SSSR count). The largest absolute Gasteiger partial charge is 0.466 e. The molecule has 18 heavy (non-hydrogen) atoms. The number of rotatable bonds is 4. The second-order valence-electron chi connectivity index (χ2n) is 3.50. The molecule has 0 saturated heterocycles. The molecule has 6 heteroatoms. The molecule has 0 amide bonds. The lowest BCUT2D eigenvalue weighted by Gasteiger charge is -2.08. The normalized spacial score (nSPS) is 11.3. The lowest BCUT2D eigenvalue weighted by Crippen LogP contribution is -2.06. The van der Waals surface area contributed by atoms with Gasteiger partial charge in [-0.15, -0.1) is 0 Å². The second kappa shape index (κ2) is 6.35. The zero-order valence-corrected chi connectivity index (χ0v) is 10.6. The number of hydrogen-bond donors (Lipinski definition) is 1. The third kappa shape index (κ3) is 3.70. The van der Waals surface area contributed by atoms with Gasteiger partial charge in [-0.05, 0) is 13.0 Å². The minimum atomic E-state index is -0.788. The Kier molecular flexibility index (Phi) is 5.09. The molecule has 0 aromatic heterocycles. The van der Waals surface area contributed by atoms with E-state index in [-0.39, 0.29) is 17.3 Å². The summed E-state index contributed by atoms with van der Waals surface area (Å²) >= 11 is 5.69. The van der Waals surface area contributed by atoms with Crippen LogP contribution in [0.2, 0.25) is 5.02 Å². The van der Waals surface area contributed by atoms with Gasteiger partial charge in [0.25, 0.3) is 0 Å². The van der Waals surface area contributed by atoms with Gasteiger partial charge in [-0.3, -0.25) is 0 Å². The molecule has 98 valence electrons. The van der Waals surface area contributed by atoms with Crippen LogP contribution in [0.1, 0.15) is 6.92 Å². The number of benzene rings is 1. The lowest BCUT2D eigenvalue weighted by atomic mass is 10.2. The molecule has 3 nitrogen and oxygen atoms in total. The topological polar surface area (TPSA) is 38.3 Å². The van der Waals surface area contributed by atoms with Crippen molar-refractivity contribution >= 4 is 23.3 Å². The van der Waals surface area contributed by atoms with Crippen LogP contribution in [0.25, 0.3) is 0 Å².